The fourth-order valence-electron chi connectivity index (χ4n) is 4.37. The van der Waals surface area contributed by atoms with Gasteiger partial charge in [0.15, 0.2) is 0 Å². The number of pyridine rings is 2. The molecule has 9 nitrogen and oxygen atoms in total. The summed E-state index contributed by atoms with van der Waals surface area (Å²) in [4.78, 5) is 35.2. The quantitative estimate of drug-likeness (QED) is 0.335. The molecule has 5 aromatic rings. The van der Waals surface area contributed by atoms with Gasteiger partial charge < -0.3 is 5.73 Å². The zero-order valence-corrected chi connectivity index (χ0v) is 20.8. The third-order valence-electron chi connectivity index (χ3n) is 6.19. The van der Waals surface area contributed by atoms with Gasteiger partial charge in [-0.1, -0.05) is 18.2 Å². The van der Waals surface area contributed by atoms with Gasteiger partial charge in [-0.3, -0.25) is 19.3 Å². The van der Waals surface area contributed by atoms with E-state index in [-0.39, 0.29) is 17.8 Å². The first kappa shape index (κ1) is 25.6. The summed E-state index contributed by atoms with van der Waals surface area (Å²) >= 11 is 0. The zero-order valence-electron chi connectivity index (χ0n) is 20.8. The first-order valence-electron chi connectivity index (χ1n) is 11.7. The zero-order chi connectivity index (χ0) is 27.9. The highest BCUT2D eigenvalue weighted by Gasteiger charge is 2.32. The minimum Gasteiger partial charge on any atom is -0.383 e. The molecule has 0 aliphatic rings. The lowest BCUT2D eigenvalue weighted by molar-refractivity contribution is -0.137. The number of halogens is 3. The summed E-state index contributed by atoms with van der Waals surface area (Å²) in [6, 6.07) is 15.3. The molecule has 3 heterocycles. The van der Waals surface area contributed by atoms with Crippen molar-refractivity contribution in [2.45, 2.75) is 19.6 Å². The van der Waals surface area contributed by atoms with Crippen molar-refractivity contribution in [1.82, 2.24) is 24.8 Å². The number of rotatable bonds is 4. The van der Waals surface area contributed by atoms with Gasteiger partial charge in [-0.25, -0.2) is 15.0 Å². The second kappa shape index (κ2) is 9.71. The maximum absolute atomic E-state index is 14.0. The van der Waals surface area contributed by atoms with Gasteiger partial charge in [-0.2, -0.15) is 18.3 Å². The SMILES string of the molecule is CC(=O)N(c1ccccc1)N(Cc1ccc(C(F)(F)F)cn1)C(=O)c1ccc2nc(N)c3cnn(C)c3c2c1. The number of hydrazine groups is 1. The van der Waals surface area contributed by atoms with Crippen molar-refractivity contribution < 1.29 is 22.8 Å². The smallest absolute Gasteiger partial charge is 0.383 e. The first-order chi connectivity index (χ1) is 18.5. The van der Waals surface area contributed by atoms with Gasteiger partial charge in [0, 0.05) is 31.1 Å². The lowest BCUT2D eigenvalue weighted by Gasteiger charge is -2.34. The molecule has 0 atom stereocenters. The van der Waals surface area contributed by atoms with E-state index < -0.39 is 23.6 Å². The Labute approximate surface area is 220 Å². The third-order valence-corrected chi connectivity index (χ3v) is 6.19. The van der Waals surface area contributed by atoms with E-state index in [4.69, 9.17) is 5.73 Å². The van der Waals surface area contributed by atoms with Crippen LogP contribution < -0.4 is 10.7 Å². The van der Waals surface area contributed by atoms with Crippen LogP contribution in [0.4, 0.5) is 24.7 Å². The van der Waals surface area contributed by atoms with Crippen LogP contribution >= 0.6 is 0 Å². The van der Waals surface area contributed by atoms with E-state index in [1.807, 2.05) is 0 Å². The Kier molecular flexibility index (Phi) is 6.38. The van der Waals surface area contributed by atoms with Crippen LogP contribution in [0.3, 0.4) is 0 Å². The third kappa shape index (κ3) is 4.83. The maximum atomic E-state index is 14.0. The number of hydrogen-bond donors (Lipinski definition) is 1. The molecule has 0 saturated heterocycles. The van der Waals surface area contributed by atoms with Crippen molar-refractivity contribution in [3.05, 3.63) is 89.9 Å². The van der Waals surface area contributed by atoms with Gasteiger partial charge in [0.2, 0.25) is 5.91 Å². The molecule has 39 heavy (non-hydrogen) atoms. The topological polar surface area (TPSA) is 110 Å². The molecular weight excluding hydrogens is 511 g/mol. The molecule has 198 valence electrons. The summed E-state index contributed by atoms with van der Waals surface area (Å²) < 4.78 is 40.9. The van der Waals surface area contributed by atoms with Gasteiger partial charge in [0.05, 0.1) is 46.1 Å². The van der Waals surface area contributed by atoms with Crippen molar-refractivity contribution in [2.24, 2.45) is 7.05 Å². The minimum absolute atomic E-state index is 0.155. The molecule has 0 spiro atoms. The Balaban J connectivity index is 1.62. The Hall–Kier alpha value is -5.00. The van der Waals surface area contributed by atoms with Crippen LogP contribution in [0.15, 0.2) is 73.1 Å². The van der Waals surface area contributed by atoms with E-state index in [2.05, 4.69) is 15.1 Å². The number of alkyl halides is 3. The largest absolute Gasteiger partial charge is 0.417 e. The fourth-order valence-corrected chi connectivity index (χ4v) is 4.37. The fraction of sp³-hybridized carbons (Fsp3) is 0.148. The lowest BCUT2D eigenvalue weighted by Crippen LogP contribution is -2.49. The number of carbonyl (C=O) groups excluding carboxylic acids is 2. The second-order valence-electron chi connectivity index (χ2n) is 8.82. The van der Waals surface area contributed by atoms with Crippen molar-refractivity contribution in [2.75, 3.05) is 10.7 Å². The van der Waals surface area contributed by atoms with Crippen LogP contribution in [0.5, 0.6) is 0 Å². The average Bonchev–Trinajstić information content (AvgIpc) is 3.30. The molecular formula is C27H22F3N7O2. The van der Waals surface area contributed by atoms with Gasteiger partial charge in [0.25, 0.3) is 5.91 Å². The first-order valence-corrected chi connectivity index (χ1v) is 11.7. The summed E-state index contributed by atoms with van der Waals surface area (Å²) in [6.45, 7) is 1.02. The number of amides is 2. The van der Waals surface area contributed by atoms with Gasteiger partial charge in [-0.15, -0.1) is 0 Å². The molecule has 0 saturated carbocycles. The molecule has 0 aliphatic carbocycles. The molecule has 0 bridgehead atoms. The number of aryl methyl sites for hydroxylation is 1. The highest BCUT2D eigenvalue weighted by Crippen LogP contribution is 2.30. The second-order valence-corrected chi connectivity index (χ2v) is 8.82. The Morgan fingerprint density at radius 2 is 1.74 bits per heavy atom. The van der Waals surface area contributed by atoms with Crippen molar-refractivity contribution in [3.8, 4) is 0 Å². The number of aromatic nitrogens is 4. The van der Waals surface area contributed by atoms with Gasteiger partial charge in [0.1, 0.15) is 5.82 Å². The van der Waals surface area contributed by atoms with Crippen LogP contribution in [-0.4, -0.2) is 36.6 Å². The Morgan fingerprint density at radius 1 is 1.00 bits per heavy atom. The minimum atomic E-state index is -4.56. The van der Waals surface area contributed by atoms with E-state index in [1.54, 1.807) is 66.5 Å². The number of anilines is 2. The molecule has 0 fully saturated rings. The highest BCUT2D eigenvalue weighted by atomic mass is 19.4. The molecule has 2 aromatic carbocycles. The predicted molar refractivity (Wildman–Crippen MR) is 139 cm³/mol. The van der Waals surface area contributed by atoms with Crippen molar-refractivity contribution in [3.63, 3.8) is 0 Å². The number of fused-ring (bicyclic) bond motifs is 3. The van der Waals surface area contributed by atoms with Crippen LogP contribution in [0.2, 0.25) is 0 Å². The molecule has 5 rings (SSSR count). The number of para-hydroxylation sites is 1. The summed E-state index contributed by atoms with van der Waals surface area (Å²) in [5, 5.41) is 7.81. The maximum Gasteiger partial charge on any atom is 0.417 e. The number of benzene rings is 2. The van der Waals surface area contributed by atoms with E-state index in [0.717, 1.165) is 11.1 Å². The standard InChI is InChI=1S/C27H22F3N7O2/c1-16(38)37(20-6-4-3-5-7-20)36(15-19-10-9-18(13-32-19)27(28,29)30)26(39)17-8-11-23-21(12-17)24-22(25(31)34-23)14-33-35(24)2/h3-14H,15H2,1-2H3,(H2,31,34). The van der Waals surface area contributed by atoms with Crippen LogP contribution in [0.25, 0.3) is 21.8 Å². The number of nitrogens with zero attached hydrogens (tertiary/aromatic N) is 6. The van der Waals surface area contributed by atoms with Crippen molar-refractivity contribution >= 4 is 45.1 Å². The molecule has 2 amide bonds. The molecule has 12 heteroatoms. The predicted octanol–water partition coefficient (Wildman–Crippen LogP) is 4.73. The molecule has 3 aromatic heterocycles. The summed E-state index contributed by atoms with van der Waals surface area (Å²) in [5.41, 5.74) is 7.15. The molecule has 0 aliphatic heterocycles. The highest BCUT2D eigenvalue weighted by molar-refractivity contribution is 6.10. The lowest BCUT2D eigenvalue weighted by atomic mass is 10.1. The number of carbonyl (C=O) groups is 2. The monoisotopic (exact) mass is 533 g/mol. The summed E-state index contributed by atoms with van der Waals surface area (Å²) in [5.74, 6) is -0.762. The molecule has 0 unspecified atom stereocenters. The van der Waals surface area contributed by atoms with E-state index in [9.17, 15) is 22.8 Å². The van der Waals surface area contributed by atoms with Crippen molar-refractivity contribution in [1.29, 1.82) is 0 Å². The molecule has 0 radical (unpaired) electrons. The number of hydrogen-bond acceptors (Lipinski definition) is 6. The van der Waals surface area contributed by atoms with Crippen LogP contribution in [0, 0.1) is 0 Å². The summed E-state index contributed by atoms with van der Waals surface area (Å²) in [6.07, 6.45) is -2.28. The van der Waals surface area contributed by atoms with Crippen LogP contribution in [-0.2, 0) is 24.6 Å². The molecule has 2 N–H and O–H groups in total. The van der Waals surface area contributed by atoms with E-state index in [1.165, 1.54) is 18.0 Å². The van der Waals surface area contributed by atoms with E-state index >= 15 is 0 Å². The van der Waals surface area contributed by atoms with E-state index in [0.29, 0.717) is 39.5 Å². The Bertz CT molecular complexity index is 1700. The van der Waals surface area contributed by atoms with Crippen LogP contribution in [0.1, 0.15) is 28.5 Å². The summed E-state index contributed by atoms with van der Waals surface area (Å²) in [7, 11) is 1.74. The average molecular weight is 534 g/mol. The van der Waals surface area contributed by atoms with Gasteiger partial charge in [-0.05, 0) is 42.5 Å². The number of nitrogen functional groups attached to an aromatic ring is 1. The normalized spacial score (nSPS) is 11.6. The Morgan fingerprint density at radius 3 is 2.38 bits per heavy atom. The van der Waals surface area contributed by atoms with Gasteiger partial charge >= 0.3 is 6.18 Å². The number of nitrogens with two attached hydrogens (primary N) is 1.